The van der Waals surface area contributed by atoms with Crippen LogP contribution < -0.4 is 10.6 Å². The molecule has 0 saturated carbocycles. The normalized spacial score (nSPS) is 13.5. The van der Waals surface area contributed by atoms with E-state index in [-0.39, 0.29) is 24.7 Å². The van der Waals surface area contributed by atoms with Gasteiger partial charge in [0.25, 0.3) is 0 Å². The van der Waals surface area contributed by atoms with E-state index in [9.17, 15) is 14.4 Å². The highest BCUT2D eigenvalue weighted by Gasteiger charge is 2.32. The van der Waals surface area contributed by atoms with E-state index in [1.807, 2.05) is 6.92 Å². The Bertz CT molecular complexity index is 317. The van der Waals surface area contributed by atoms with E-state index < -0.39 is 11.5 Å². The van der Waals surface area contributed by atoms with Crippen molar-refractivity contribution in [2.75, 3.05) is 6.54 Å². The van der Waals surface area contributed by atoms with E-state index in [2.05, 4.69) is 10.6 Å². The van der Waals surface area contributed by atoms with Crippen LogP contribution in [0.25, 0.3) is 0 Å². The van der Waals surface area contributed by atoms with Crippen molar-refractivity contribution in [2.24, 2.45) is 0 Å². The largest absolute Gasteiger partial charge is 0.480 e. The first kappa shape index (κ1) is 16.4. The molecule has 0 aliphatic carbocycles. The summed E-state index contributed by atoms with van der Waals surface area (Å²) in [5.41, 5.74) is -1.23. The molecule has 0 spiro atoms. The molecule has 0 rings (SSSR count). The van der Waals surface area contributed by atoms with Gasteiger partial charge in [-0.2, -0.15) is 0 Å². The van der Waals surface area contributed by atoms with Gasteiger partial charge in [0.2, 0.25) is 11.8 Å². The third kappa shape index (κ3) is 5.65. The van der Waals surface area contributed by atoms with Gasteiger partial charge < -0.3 is 15.7 Å². The molecule has 104 valence electrons. The second kappa shape index (κ2) is 7.68. The molecular formula is C12H22N2O4. The third-order valence-electron chi connectivity index (χ3n) is 2.78. The van der Waals surface area contributed by atoms with E-state index >= 15 is 0 Å². The Kier molecular flexibility index (Phi) is 7.00. The number of carboxylic acid groups (broad SMARTS) is 1. The van der Waals surface area contributed by atoms with Crippen molar-refractivity contribution in [1.29, 1.82) is 0 Å². The molecular weight excluding hydrogens is 236 g/mol. The van der Waals surface area contributed by atoms with Crippen LogP contribution in [0.3, 0.4) is 0 Å². The van der Waals surface area contributed by atoms with E-state index in [1.165, 1.54) is 6.92 Å². The third-order valence-corrected chi connectivity index (χ3v) is 2.78. The van der Waals surface area contributed by atoms with Gasteiger partial charge in [0, 0.05) is 19.4 Å². The summed E-state index contributed by atoms with van der Waals surface area (Å²) in [6.45, 7) is 5.56. The van der Waals surface area contributed by atoms with Crippen LogP contribution in [-0.2, 0) is 14.4 Å². The Labute approximate surface area is 107 Å². The van der Waals surface area contributed by atoms with Crippen LogP contribution >= 0.6 is 0 Å². The number of nitrogens with one attached hydrogen (secondary N) is 2. The lowest BCUT2D eigenvalue weighted by Crippen LogP contribution is -2.51. The molecule has 0 aromatic rings. The van der Waals surface area contributed by atoms with Gasteiger partial charge in [0.05, 0.1) is 0 Å². The fourth-order valence-corrected chi connectivity index (χ4v) is 1.36. The second-order valence-corrected chi connectivity index (χ2v) is 4.35. The minimum absolute atomic E-state index is 0.0956. The summed E-state index contributed by atoms with van der Waals surface area (Å²) in [6, 6.07) is 0. The maximum absolute atomic E-state index is 11.6. The van der Waals surface area contributed by atoms with Gasteiger partial charge in [0.15, 0.2) is 0 Å². The zero-order valence-corrected chi connectivity index (χ0v) is 11.2. The summed E-state index contributed by atoms with van der Waals surface area (Å²) in [7, 11) is 0. The summed E-state index contributed by atoms with van der Waals surface area (Å²) in [6.07, 6.45) is 1.15. The van der Waals surface area contributed by atoms with E-state index in [1.54, 1.807) is 6.92 Å². The molecule has 3 N–H and O–H groups in total. The molecule has 0 saturated heterocycles. The number of hydrogen-bond acceptors (Lipinski definition) is 3. The molecule has 0 aromatic heterocycles. The van der Waals surface area contributed by atoms with Gasteiger partial charge in [-0.05, 0) is 26.7 Å². The first-order valence-corrected chi connectivity index (χ1v) is 6.16. The quantitative estimate of drug-likeness (QED) is 0.596. The Morgan fingerprint density at radius 1 is 1.11 bits per heavy atom. The number of carbonyl (C=O) groups excluding carboxylic acids is 2. The Balaban J connectivity index is 4.04. The molecule has 0 aromatic carbocycles. The van der Waals surface area contributed by atoms with Gasteiger partial charge in [-0.1, -0.05) is 6.92 Å². The lowest BCUT2D eigenvalue weighted by Gasteiger charge is -2.24. The van der Waals surface area contributed by atoms with E-state index in [4.69, 9.17) is 5.11 Å². The van der Waals surface area contributed by atoms with Crippen molar-refractivity contribution in [3.8, 4) is 0 Å². The van der Waals surface area contributed by atoms with Crippen molar-refractivity contribution in [2.45, 2.75) is 52.0 Å². The molecule has 0 aliphatic rings. The van der Waals surface area contributed by atoms with Gasteiger partial charge >= 0.3 is 5.97 Å². The van der Waals surface area contributed by atoms with Crippen LogP contribution in [0.5, 0.6) is 0 Å². The fraction of sp³-hybridized carbons (Fsp3) is 0.750. The first-order chi connectivity index (χ1) is 8.35. The summed E-state index contributed by atoms with van der Waals surface area (Å²) >= 11 is 0. The zero-order chi connectivity index (χ0) is 14.2. The highest BCUT2D eigenvalue weighted by Crippen LogP contribution is 2.10. The molecule has 6 nitrogen and oxygen atoms in total. The van der Waals surface area contributed by atoms with Crippen molar-refractivity contribution in [3.63, 3.8) is 0 Å². The maximum Gasteiger partial charge on any atom is 0.329 e. The highest BCUT2D eigenvalue weighted by atomic mass is 16.4. The first-order valence-electron chi connectivity index (χ1n) is 6.16. The molecule has 0 aliphatic heterocycles. The van der Waals surface area contributed by atoms with Crippen LogP contribution in [0.15, 0.2) is 0 Å². The highest BCUT2D eigenvalue weighted by molar-refractivity contribution is 5.86. The smallest absolute Gasteiger partial charge is 0.329 e. The number of rotatable bonds is 8. The van der Waals surface area contributed by atoms with Crippen molar-refractivity contribution >= 4 is 17.8 Å². The minimum Gasteiger partial charge on any atom is -0.480 e. The van der Waals surface area contributed by atoms with Gasteiger partial charge in [-0.15, -0.1) is 0 Å². The maximum atomic E-state index is 11.6. The van der Waals surface area contributed by atoms with Gasteiger partial charge in [-0.3, -0.25) is 9.59 Å². The summed E-state index contributed by atoms with van der Waals surface area (Å²) in [5, 5.41) is 14.1. The van der Waals surface area contributed by atoms with Crippen LogP contribution in [0.4, 0.5) is 0 Å². The van der Waals surface area contributed by atoms with Crippen LogP contribution in [0.2, 0.25) is 0 Å². The summed E-state index contributed by atoms with van der Waals surface area (Å²) < 4.78 is 0. The van der Waals surface area contributed by atoms with Crippen molar-refractivity contribution in [3.05, 3.63) is 0 Å². The lowest BCUT2D eigenvalue weighted by atomic mass is 9.99. The standard InChI is InChI=1S/C12H22N2O4/c1-4-12(3,11(17)18)14-10(16)8-6-7-9(15)13-5-2/h4-8H2,1-3H3,(H,13,15)(H,14,16)(H,17,18). The topological polar surface area (TPSA) is 95.5 Å². The van der Waals surface area contributed by atoms with Crippen molar-refractivity contribution < 1.29 is 19.5 Å². The Morgan fingerprint density at radius 3 is 2.11 bits per heavy atom. The average Bonchev–Trinajstić information content (AvgIpc) is 2.28. The minimum atomic E-state index is -1.23. The molecule has 1 unspecified atom stereocenters. The second-order valence-electron chi connectivity index (χ2n) is 4.35. The Morgan fingerprint density at radius 2 is 1.67 bits per heavy atom. The molecule has 0 bridgehead atoms. The predicted molar refractivity (Wildman–Crippen MR) is 67.0 cm³/mol. The monoisotopic (exact) mass is 258 g/mol. The number of carbonyl (C=O) groups is 3. The molecule has 0 radical (unpaired) electrons. The average molecular weight is 258 g/mol. The number of hydrogen-bond donors (Lipinski definition) is 3. The SMILES string of the molecule is CCNC(=O)CCCC(=O)NC(C)(CC)C(=O)O. The Hall–Kier alpha value is -1.59. The van der Waals surface area contributed by atoms with Gasteiger partial charge in [0.1, 0.15) is 5.54 Å². The number of carboxylic acids is 1. The predicted octanol–water partition coefficient (Wildman–Crippen LogP) is 0.662. The molecule has 18 heavy (non-hydrogen) atoms. The van der Waals surface area contributed by atoms with E-state index in [0.29, 0.717) is 19.4 Å². The van der Waals surface area contributed by atoms with Crippen LogP contribution in [0, 0.1) is 0 Å². The number of amides is 2. The number of aliphatic carboxylic acids is 1. The molecule has 1 atom stereocenters. The fourth-order valence-electron chi connectivity index (χ4n) is 1.36. The lowest BCUT2D eigenvalue weighted by molar-refractivity contribution is -0.147. The van der Waals surface area contributed by atoms with Crippen LogP contribution in [0.1, 0.15) is 46.5 Å². The van der Waals surface area contributed by atoms with Crippen LogP contribution in [-0.4, -0.2) is 35.0 Å². The zero-order valence-electron chi connectivity index (χ0n) is 11.2. The van der Waals surface area contributed by atoms with Gasteiger partial charge in [-0.25, -0.2) is 4.79 Å². The molecule has 6 heteroatoms. The molecule has 2 amide bonds. The van der Waals surface area contributed by atoms with E-state index in [0.717, 1.165) is 0 Å². The molecule has 0 fully saturated rings. The van der Waals surface area contributed by atoms with Crippen molar-refractivity contribution in [1.82, 2.24) is 10.6 Å². The summed E-state index contributed by atoms with van der Waals surface area (Å²) in [5.74, 6) is -1.49. The summed E-state index contributed by atoms with van der Waals surface area (Å²) in [4.78, 5) is 33.7. The molecule has 0 heterocycles.